The Bertz CT molecular complexity index is 158. The SMILES string of the molecule is C/C=C/C=[C](\[Au])C(=O)O. The van der Waals surface area contributed by atoms with Crippen LogP contribution in [0.3, 0.4) is 0 Å². The van der Waals surface area contributed by atoms with Gasteiger partial charge in [0.15, 0.2) is 0 Å². The molecule has 2 nitrogen and oxygen atoms in total. The van der Waals surface area contributed by atoms with Crippen LogP contribution in [-0.2, 0) is 25.9 Å². The Hall–Kier alpha value is -0.310. The molecular formula is C6H7AuO2. The van der Waals surface area contributed by atoms with Gasteiger partial charge >= 0.3 is 65.9 Å². The number of carboxylic acid groups (broad SMARTS) is 1. The van der Waals surface area contributed by atoms with E-state index in [-0.39, 0.29) is 0 Å². The summed E-state index contributed by atoms with van der Waals surface area (Å²) in [4.78, 5) is 10.1. The molecule has 0 radical (unpaired) electrons. The molecule has 0 aliphatic rings. The first-order valence-electron chi connectivity index (χ1n) is 2.36. The summed E-state index contributed by atoms with van der Waals surface area (Å²) in [6, 6.07) is 0. The van der Waals surface area contributed by atoms with Gasteiger partial charge in [-0.3, -0.25) is 0 Å². The van der Waals surface area contributed by atoms with Crippen LogP contribution in [0.15, 0.2) is 22.0 Å². The quantitative estimate of drug-likeness (QED) is 0.471. The molecule has 0 unspecified atom stereocenters. The van der Waals surface area contributed by atoms with E-state index in [0.717, 1.165) is 0 Å². The van der Waals surface area contributed by atoms with Crippen LogP contribution >= 0.6 is 0 Å². The molecule has 0 aliphatic heterocycles. The van der Waals surface area contributed by atoms with Crippen LogP contribution in [0.1, 0.15) is 6.92 Å². The van der Waals surface area contributed by atoms with E-state index >= 15 is 0 Å². The maximum atomic E-state index is 10.1. The third-order valence-electron chi connectivity index (χ3n) is 0.610. The zero-order valence-corrected chi connectivity index (χ0v) is 7.06. The average molecular weight is 308 g/mol. The molecule has 1 N–H and O–H groups in total. The minimum atomic E-state index is -0.892. The Kier molecular flexibility index (Phi) is 4.40. The van der Waals surface area contributed by atoms with Crippen molar-refractivity contribution in [3.8, 4) is 0 Å². The van der Waals surface area contributed by atoms with E-state index in [2.05, 4.69) is 0 Å². The van der Waals surface area contributed by atoms with Gasteiger partial charge in [0.2, 0.25) is 0 Å². The van der Waals surface area contributed by atoms with Crippen molar-refractivity contribution in [2.24, 2.45) is 0 Å². The Morgan fingerprint density at radius 1 is 1.67 bits per heavy atom. The van der Waals surface area contributed by atoms with Gasteiger partial charge in [0.1, 0.15) is 0 Å². The second-order valence-corrected chi connectivity index (χ2v) is 2.47. The van der Waals surface area contributed by atoms with E-state index < -0.39 is 5.97 Å². The number of hydrogen-bond donors (Lipinski definition) is 1. The van der Waals surface area contributed by atoms with E-state index in [4.69, 9.17) is 5.11 Å². The number of carbonyl (C=O) groups is 1. The zero-order chi connectivity index (χ0) is 7.28. The fourth-order valence-electron chi connectivity index (χ4n) is 0.245. The number of allylic oxidation sites excluding steroid dienone is 3. The summed E-state index contributed by atoms with van der Waals surface area (Å²) in [6.07, 6.45) is 4.99. The van der Waals surface area contributed by atoms with Gasteiger partial charge < -0.3 is 0 Å². The Morgan fingerprint density at radius 3 is 2.56 bits per heavy atom. The molecule has 0 amide bonds. The molecule has 0 atom stereocenters. The summed E-state index contributed by atoms with van der Waals surface area (Å²) in [5.74, 6) is -0.892. The second-order valence-electron chi connectivity index (χ2n) is 1.30. The third-order valence-corrected chi connectivity index (χ3v) is 1.43. The van der Waals surface area contributed by atoms with E-state index in [9.17, 15) is 4.79 Å². The van der Waals surface area contributed by atoms with Crippen molar-refractivity contribution in [1.29, 1.82) is 0 Å². The van der Waals surface area contributed by atoms with Crippen LogP contribution in [-0.4, -0.2) is 11.1 Å². The van der Waals surface area contributed by atoms with Crippen LogP contribution in [0.5, 0.6) is 0 Å². The van der Waals surface area contributed by atoms with Crippen molar-refractivity contribution in [3.63, 3.8) is 0 Å². The molecule has 0 spiro atoms. The van der Waals surface area contributed by atoms with Gasteiger partial charge in [-0.1, -0.05) is 0 Å². The van der Waals surface area contributed by atoms with E-state index in [0.29, 0.717) is 3.79 Å². The van der Waals surface area contributed by atoms with Crippen molar-refractivity contribution in [3.05, 3.63) is 22.0 Å². The fourth-order valence-corrected chi connectivity index (χ4v) is 0.453. The van der Waals surface area contributed by atoms with Crippen LogP contribution in [0.25, 0.3) is 0 Å². The predicted octanol–water partition coefficient (Wildman–Crippen LogP) is 1.08. The molecule has 0 bridgehead atoms. The van der Waals surface area contributed by atoms with Crippen molar-refractivity contribution < 1.29 is 31.0 Å². The molecule has 0 fully saturated rings. The van der Waals surface area contributed by atoms with Crippen molar-refractivity contribution in [2.45, 2.75) is 6.92 Å². The summed E-state index contributed by atoms with van der Waals surface area (Å²) >= 11 is 1.94. The molecule has 3 heteroatoms. The van der Waals surface area contributed by atoms with Crippen LogP contribution in [0.4, 0.5) is 0 Å². The van der Waals surface area contributed by atoms with Gasteiger partial charge in [-0.2, -0.15) is 0 Å². The Balaban J connectivity index is 4.00. The van der Waals surface area contributed by atoms with Crippen LogP contribution in [0, 0.1) is 0 Å². The van der Waals surface area contributed by atoms with Gasteiger partial charge in [-0.05, 0) is 0 Å². The van der Waals surface area contributed by atoms with Gasteiger partial charge in [0, 0.05) is 0 Å². The fraction of sp³-hybridized carbons (Fsp3) is 0.167. The monoisotopic (exact) mass is 308 g/mol. The first kappa shape index (κ1) is 8.69. The Labute approximate surface area is 66.2 Å². The standard InChI is InChI=1S/C6H7O2.Au/c1-2-3-4-5-6(7)8;/h2-4H,1H3,(H,7,8);/b3-2+,5-4?;. The zero-order valence-electron chi connectivity index (χ0n) is 4.89. The maximum absolute atomic E-state index is 10.1. The van der Waals surface area contributed by atoms with Crippen molar-refractivity contribution in [2.75, 3.05) is 0 Å². The summed E-state index contributed by atoms with van der Waals surface area (Å²) in [6.45, 7) is 1.83. The summed E-state index contributed by atoms with van der Waals surface area (Å²) in [7, 11) is 0. The number of carboxylic acids is 1. The number of hydrogen-bond acceptors (Lipinski definition) is 1. The molecule has 0 aromatic heterocycles. The van der Waals surface area contributed by atoms with Crippen LogP contribution in [0.2, 0.25) is 0 Å². The third kappa shape index (κ3) is 4.21. The molecule has 0 aromatic carbocycles. The Morgan fingerprint density at radius 2 is 2.22 bits per heavy atom. The molecule has 0 heterocycles. The van der Waals surface area contributed by atoms with E-state index in [1.807, 2.05) is 28.0 Å². The molecule has 9 heavy (non-hydrogen) atoms. The van der Waals surface area contributed by atoms with Crippen LogP contribution < -0.4 is 0 Å². The van der Waals surface area contributed by atoms with Gasteiger partial charge in [0.25, 0.3) is 0 Å². The molecular weight excluding hydrogens is 301 g/mol. The minimum absolute atomic E-state index is 0.299. The molecule has 0 rings (SSSR count). The van der Waals surface area contributed by atoms with Gasteiger partial charge in [-0.25, -0.2) is 0 Å². The number of aliphatic carboxylic acids is 1. The normalized spacial score (nSPS) is 12.6. The van der Waals surface area contributed by atoms with Crippen molar-refractivity contribution in [1.82, 2.24) is 0 Å². The summed E-state index contributed by atoms with van der Waals surface area (Å²) in [5, 5.41) is 8.29. The van der Waals surface area contributed by atoms with E-state index in [1.54, 1.807) is 12.2 Å². The first-order valence-corrected chi connectivity index (χ1v) is 3.44. The van der Waals surface area contributed by atoms with Gasteiger partial charge in [0.05, 0.1) is 0 Å². The van der Waals surface area contributed by atoms with Crippen molar-refractivity contribution >= 4 is 5.97 Å². The average Bonchev–Trinajstić information content (AvgIpc) is 1.82. The molecule has 0 aliphatic carbocycles. The topological polar surface area (TPSA) is 37.3 Å². The molecule has 54 valence electrons. The molecule has 0 aromatic rings. The van der Waals surface area contributed by atoms with Gasteiger partial charge in [-0.15, -0.1) is 0 Å². The summed E-state index contributed by atoms with van der Waals surface area (Å²) in [5.41, 5.74) is 0. The summed E-state index contributed by atoms with van der Waals surface area (Å²) < 4.78 is 0.299. The predicted molar refractivity (Wildman–Crippen MR) is 30.5 cm³/mol. The molecule has 0 saturated heterocycles. The number of rotatable bonds is 2. The first-order chi connectivity index (χ1) is 4.18. The van der Waals surface area contributed by atoms with E-state index in [1.165, 1.54) is 6.08 Å². The second kappa shape index (κ2) is 4.56. The molecule has 0 saturated carbocycles.